The number of halogens is 2. The lowest BCUT2D eigenvalue weighted by molar-refractivity contribution is -0.127. The van der Waals surface area contributed by atoms with Crippen LogP contribution >= 0.6 is 46.0 Å². The Labute approximate surface area is 214 Å². The van der Waals surface area contributed by atoms with E-state index in [1.165, 1.54) is 0 Å². The van der Waals surface area contributed by atoms with Crippen LogP contribution in [-0.2, 0) is 9.59 Å². The van der Waals surface area contributed by atoms with E-state index in [2.05, 4.69) is 33.8 Å². The molecule has 1 heterocycles. The van der Waals surface area contributed by atoms with Gasteiger partial charge in [-0.3, -0.25) is 19.3 Å². The molecule has 2 aromatic carbocycles. The Balaban J connectivity index is 1.78. The van der Waals surface area contributed by atoms with E-state index >= 15 is 0 Å². The molecule has 0 radical (unpaired) electrons. The molecule has 10 heteroatoms. The number of nitrogens with one attached hydrogen (secondary N) is 1. The van der Waals surface area contributed by atoms with E-state index in [9.17, 15) is 14.4 Å². The second kappa shape index (κ2) is 11.4. The molecule has 0 atom stereocenters. The number of carbonyl (C=O) groups is 3. The number of rotatable bonds is 8. The molecule has 7 nitrogen and oxygen atoms in total. The van der Waals surface area contributed by atoms with Crippen LogP contribution in [0.5, 0.6) is 11.5 Å². The number of amides is 3. The van der Waals surface area contributed by atoms with Crippen molar-refractivity contribution in [3.63, 3.8) is 0 Å². The molecular formula is C23H18ClIN2O5S. The maximum Gasteiger partial charge on any atom is 0.294 e. The molecule has 1 aliphatic rings. The largest absolute Gasteiger partial charge is 0.490 e. The highest BCUT2D eigenvalue weighted by molar-refractivity contribution is 14.1. The van der Waals surface area contributed by atoms with Crippen LogP contribution in [0.2, 0.25) is 5.02 Å². The number of benzene rings is 2. The van der Waals surface area contributed by atoms with Gasteiger partial charge in [0, 0.05) is 0 Å². The number of hydrogen-bond acceptors (Lipinski definition) is 6. The molecule has 1 aliphatic heterocycles. The van der Waals surface area contributed by atoms with Crippen molar-refractivity contribution in [3.05, 3.63) is 55.5 Å². The number of thioether (sulfide) groups is 1. The van der Waals surface area contributed by atoms with Crippen LogP contribution in [0.1, 0.15) is 12.5 Å². The van der Waals surface area contributed by atoms with E-state index in [-0.39, 0.29) is 11.5 Å². The summed E-state index contributed by atoms with van der Waals surface area (Å²) in [5, 5.41) is 2.43. The lowest BCUT2D eigenvalue weighted by Gasteiger charge is -2.14. The summed E-state index contributed by atoms with van der Waals surface area (Å²) in [5.74, 6) is 2.31. The third-order valence-corrected chi connectivity index (χ3v) is 6.29. The number of para-hydroxylation sites is 1. The highest BCUT2D eigenvalue weighted by atomic mass is 127. The van der Waals surface area contributed by atoms with Crippen molar-refractivity contribution in [2.75, 3.05) is 25.1 Å². The summed E-state index contributed by atoms with van der Waals surface area (Å²) >= 11 is 8.88. The zero-order valence-electron chi connectivity index (χ0n) is 17.4. The summed E-state index contributed by atoms with van der Waals surface area (Å²) in [6.07, 6.45) is 6.85. The Hall–Kier alpha value is -2.68. The number of imide groups is 1. The summed E-state index contributed by atoms with van der Waals surface area (Å²) < 4.78 is 12.0. The molecule has 0 aromatic heterocycles. The first-order valence-corrected chi connectivity index (χ1v) is 11.9. The fraction of sp³-hybridized carbons (Fsp3) is 0.174. The standard InChI is InChI=1S/C23H18ClIN2O5S/c1-3-9-32-21-16(25)10-14(11-18(21)31-4-2)12-19-22(29)27(23(30)33-19)13-20(28)26-17-8-6-5-7-15(17)24/h1,5-8,10-12H,4,9,13H2,2H3,(H,26,28)/b19-12+. The average molecular weight is 597 g/mol. The van der Waals surface area contributed by atoms with Crippen molar-refractivity contribution in [2.45, 2.75) is 6.92 Å². The predicted octanol–water partition coefficient (Wildman–Crippen LogP) is 5.03. The number of anilines is 1. The van der Waals surface area contributed by atoms with Gasteiger partial charge in [0.2, 0.25) is 5.91 Å². The zero-order chi connectivity index (χ0) is 24.0. The molecule has 3 rings (SSSR count). The van der Waals surface area contributed by atoms with E-state index in [4.69, 9.17) is 27.5 Å². The molecule has 1 fully saturated rings. The van der Waals surface area contributed by atoms with Crippen LogP contribution in [-0.4, -0.2) is 41.7 Å². The van der Waals surface area contributed by atoms with Crippen molar-refractivity contribution in [3.8, 4) is 23.8 Å². The van der Waals surface area contributed by atoms with Crippen LogP contribution in [0.15, 0.2) is 41.3 Å². The minimum absolute atomic E-state index is 0.0879. The Kier molecular flexibility index (Phi) is 8.66. The van der Waals surface area contributed by atoms with Crippen LogP contribution in [0.3, 0.4) is 0 Å². The summed E-state index contributed by atoms with van der Waals surface area (Å²) in [5.41, 5.74) is 1.04. The second-order valence-electron chi connectivity index (χ2n) is 6.55. The lowest BCUT2D eigenvalue weighted by atomic mass is 10.2. The first kappa shape index (κ1) is 25.0. The van der Waals surface area contributed by atoms with Crippen LogP contribution < -0.4 is 14.8 Å². The highest BCUT2D eigenvalue weighted by Gasteiger charge is 2.36. The van der Waals surface area contributed by atoms with E-state index < -0.39 is 23.6 Å². The monoisotopic (exact) mass is 596 g/mol. The summed E-state index contributed by atoms with van der Waals surface area (Å²) in [6.45, 7) is 1.91. The van der Waals surface area contributed by atoms with Crippen LogP contribution in [0, 0.1) is 15.9 Å². The van der Waals surface area contributed by atoms with E-state index in [1.54, 1.807) is 42.5 Å². The first-order valence-electron chi connectivity index (χ1n) is 9.66. The van der Waals surface area contributed by atoms with Gasteiger partial charge < -0.3 is 14.8 Å². The van der Waals surface area contributed by atoms with Gasteiger partial charge in [-0.15, -0.1) is 6.42 Å². The molecule has 0 bridgehead atoms. The molecule has 0 aliphatic carbocycles. The number of hydrogen-bond donors (Lipinski definition) is 1. The predicted molar refractivity (Wildman–Crippen MR) is 137 cm³/mol. The first-order chi connectivity index (χ1) is 15.8. The normalized spacial score (nSPS) is 14.4. The third-order valence-electron chi connectivity index (χ3n) is 4.25. The maximum atomic E-state index is 12.8. The Morgan fingerprint density at radius 3 is 2.76 bits per heavy atom. The van der Waals surface area contributed by atoms with Crippen molar-refractivity contribution in [2.24, 2.45) is 0 Å². The van der Waals surface area contributed by atoms with E-state index in [0.717, 1.165) is 20.2 Å². The lowest BCUT2D eigenvalue weighted by Crippen LogP contribution is -2.36. The van der Waals surface area contributed by atoms with Crippen LogP contribution in [0.4, 0.5) is 10.5 Å². The summed E-state index contributed by atoms with van der Waals surface area (Å²) in [7, 11) is 0. The molecule has 0 unspecified atom stereocenters. The fourth-order valence-corrected chi connectivity index (χ4v) is 4.67. The molecule has 2 aromatic rings. The number of carbonyl (C=O) groups excluding carboxylic acids is 3. The van der Waals surface area contributed by atoms with Gasteiger partial charge >= 0.3 is 0 Å². The molecule has 3 amide bonds. The molecule has 0 saturated carbocycles. The van der Waals surface area contributed by atoms with Gasteiger partial charge in [-0.25, -0.2) is 0 Å². The van der Waals surface area contributed by atoms with Gasteiger partial charge in [-0.2, -0.15) is 0 Å². The smallest absolute Gasteiger partial charge is 0.294 e. The topological polar surface area (TPSA) is 84.9 Å². The molecule has 33 heavy (non-hydrogen) atoms. The number of nitrogens with zero attached hydrogens (tertiary/aromatic N) is 1. The molecular weight excluding hydrogens is 579 g/mol. The Morgan fingerprint density at radius 2 is 2.06 bits per heavy atom. The Morgan fingerprint density at radius 1 is 1.30 bits per heavy atom. The van der Waals surface area contributed by atoms with Crippen molar-refractivity contribution >= 4 is 74.8 Å². The molecule has 1 saturated heterocycles. The fourth-order valence-electron chi connectivity index (χ4n) is 2.87. The average Bonchev–Trinajstić information content (AvgIpc) is 3.02. The highest BCUT2D eigenvalue weighted by Crippen LogP contribution is 2.37. The van der Waals surface area contributed by atoms with Crippen molar-refractivity contribution in [1.82, 2.24) is 4.90 Å². The minimum atomic E-state index is -0.556. The van der Waals surface area contributed by atoms with E-state index in [1.807, 2.05) is 6.92 Å². The quantitative estimate of drug-likeness (QED) is 0.262. The number of terminal acetylenes is 1. The van der Waals surface area contributed by atoms with Gasteiger partial charge in [0.25, 0.3) is 11.1 Å². The van der Waals surface area contributed by atoms with Gasteiger partial charge in [0.1, 0.15) is 13.2 Å². The van der Waals surface area contributed by atoms with Gasteiger partial charge in [0.05, 0.1) is 25.8 Å². The third kappa shape index (κ3) is 6.22. The van der Waals surface area contributed by atoms with Crippen LogP contribution in [0.25, 0.3) is 6.08 Å². The minimum Gasteiger partial charge on any atom is -0.490 e. The van der Waals surface area contributed by atoms with Crippen molar-refractivity contribution < 1.29 is 23.9 Å². The Bertz CT molecular complexity index is 1180. The summed E-state index contributed by atoms with van der Waals surface area (Å²) in [4.78, 5) is 38.7. The SMILES string of the molecule is C#CCOc1c(I)cc(/C=C2/SC(=O)N(CC(=O)Nc3ccccc3Cl)C2=O)cc1OCC. The van der Waals surface area contributed by atoms with Gasteiger partial charge in [-0.05, 0) is 77.2 Å². The zero-order valence-corrected chi connectivity index (χ0v) is 21.1. The second-order valence-corrected chi connectivity index (χ2v) is 9.11. The molecule has 1 N–H and O–H groups in total. The van der Waals surface area contributed by atoms with E-state index in [0.29, 0.717) is 34.4 Å². The molecule has 170 valence electrons. The van der Waals surface area contributed by atoms with Crippen molar-refractivity contribution in [1.29, 1.82) is 0 Å². The van der Waals surface area contributed by atoms with Gasteiger partial charge in [0.15, 0.2) is 11.5 Å². The van der Waals surface area contributed by atoms with Gasteiger partial charge in [-0.1, -0.05) is 29.7 Å². The molecule has 0 spiro atoms. The maximum absolute atomic E-state index is 12.8. The summed E-state index contributed by atoms with van der Waals surface area (Å²) in [6, 6.07) is 10.2. The number of ether oxygens (including phenoxy) is 2.